The second kappa shape index (κ2) is 7.41. The number of nitrogens with two attached hydrogens (primary N) is 1. The molecule has 1 aliphatic rings. The monoisotopic (exact) mass is 284 g/mol. The molecule has 0 saturated heterocycles. The zero-order chi connectivity index (χ0) is 15.2. The molecule has 0 aromatic rings. The van der Waals surface area contributed by atoms with E-state index in [0.717, 1.165) is 44.6 Å². The highest BCUT2D eigenvalue weighted by Crippen LogP contribution is 2.38. The molecule has 0 aromatic carbocycles. The van der Waals surface area contributed by atoms with Crippen molar-refractivity contribution in [1.29, 1.82) is 0 Å². The Hall–Kier alpha value is -0.610. The smallest absolute Gasteiger partial charge is 0.227 e. The van der Waals surface area contributed by atoms with Crippen LogP contribution in [0.2, 0.25) is 0 Å². The van der Waals surface area contributed by atoms with Crippen molar-refractivity contribution < 1.29 is 9.53 Å². The number of amides is 1. The fourth-order valence-electron chi connectivity index (χ4n) is 2.81. The molecule has 0 spiro atoms. The largest absolute Gasteiger partial charge is 0.385 e. The fourth-order valence-corrected chi connectivity index (χ4v) is 2.81. The summed E-state index contributed by atoms with van der Waals surface area (Å²) < 4.78 is 5.12. The predicted molar refractivity (Wildman–Crippen MR) is 82.4 cm³/mol. The summed E-state index contributed by atoms with van der Waals surface area (Å²) in [5.74, 6) is 0.873. The lowest BCUT2D eigenvalue weighted by molar-refractivity contribution is -0.133. The molecule has 0 heterocycles. The van der Waals surface area contributed by atoms with Gasteiger partial charge in [0.05, 0.1) is 5.41 Å². The summed E-state index contributed by atoms with van der Waals surface area (Å²) >= 11 is 0. The Morgan fingerprint density at radius 1 is 1.40 bits per heavy atom. The number of hydrogen-bond donors (Lipinski definition) is 2. The molecule has 1 fully saturated rings. The van der Waals surface area contributed by atoms with Gasteiger partial charge in [0.25, 0.3) is 0 Å². The maximum atomic E-state index is 12.6. The van der Waals surface area contributed by atoms with Gasteiger partial charge in [-0.15, -0.1) is 0 Å². The molecule has 0 atom stereocenters. The zero-order valence-corrected chi connectivity index (χ0v) is 13.6. The van der Waals surface area contributed by atoms with Crippen LogP contribution in [0.4, 0.5) is 0 Å². The third-order valence-corrected chi connectivity index (χ3v) is 4.81. The molecule has 20 heavy (non-hydrogen) atoms. The van der Waals surface area contributed by atoms with Crippen molar-refractivity contribution in [3.8, 4) is 0 Å². The van der Waals surface area contributed by atoms with Gasteiger partial charge in [-0.1, -0.05) is 20.8 Å². The lowest BCUT2D eigenvalue weighted by Crippen LogP contribution is -2.49. The lowest BCUT2D eigenvalue weighted by Gasteiger charge is -2.38. The summed E-state index contributed by atoms with van der Waals surface area (Å²) in [5, 5.41) is 3.13. The lowest BCUT2D eigenvalue weighted by atomic mass is 9.70. The van der Waals surface area contributed by atoms with Gasteiger partial charge in [0, 0.05) is 26.8 Å². The predicted octanol–water partition coefficient (Wildman–Crippen LogP) is 2.32. The Labute approximate surface area is 123 Å². The first-order valence-electron chi connectivity index (χ1n) is 7.82. The van der Waals surface area contributed by atoms with Gasteiger partial charge in [-0.25, -0.2) is 0 Å². The number of carbonyl (C=O) groups is 1. The van der Waals surface area contributed by atoms with Crippen LogP contribution in [-0.4, -0.2) is 32.7 Å². The molecule has 0 radical (unpaired) electrons. The maximum absolute atomic E-state index is 12.6. The molecule has 1 aliphatic carbocycles. The first kappa shape index (κ1) is 17.4. The molecular formula is C16H32N2O2. The van der Waals surface area contributed by atoms with Crippen LogP contribution in [0.5, 0.6) is 0 Å². The number of hydrogen-bond acceptors (Lipinski definition) is 3. The number of ether oxygens (including phenoxy) is 1. The van der Waals surface area contributed by atoms with E-state index in [1.165, 1.54) is 0 Å². The Morgan fingerprint density at radius 3 is 2.50 bits per heavy atom. The minimum atomic E-state index is -0.330. The standard InChI is InChI=1S/C16H32N2O2/c1-13-5-7-16(11-17,8-6-13)14(19)18-12-15(2,3)9-10-20-4/h13H,5-12,17H2,1-4H3,(H,18,19). The van der Waals surface area contributed by atoms with Crippen LogP contribution in [0.25, 0.3) is 0 Å². The molecule has 0 aromatic heterocycles. The average molecular weight is 284 g/mol. The Balaban J connectivity index is 2.51. The summed E-state index contributed by atoms with van der Waals surface area (Å²) in [6.45, 7) is 8.44. The van der Waals surface area contributed by atoms with E-state index in [1.54, 1.807) is 7.11 Å². The number of carbonyl (C=O) groups excluding carboxylic acids is 1. The maximum Gasteiger partial charge on any atom is 0.227 e. The van der Waals surface area contributed by atoms with Crippen LogP contribution in [0, 0.1) is 16.7 Å². The molecule has 1 amide bonds. The van der Waals surface area contributed by atoms with Gasteiger partial charge in [-0.3, -0.25) is 4.79 Å². The molecule has 1 rings (SSSR count). The summed E-state index contributed by atoms with van der Waals surface area (Å²) in [5.41, 5.74) is 5.65. The highest BCUT2D eigenvalue weighted by atomic mass is 16.5. The molecule has 118 valence electrons. The molecular weight excluding hydrogens is 252 g/mol. The van der Waals surface area contributed by atoms with E-state index in [1.807, 2.05) is 0 Å². The van der Waals surface area contributed by atoms with Crippen LogP contribution in [0.1, 0.15) is 52.9 Å². The first-order valence-corrected chi connectivity index (χ1v) is 7.82. The quantitative estimate of drug-likeness (QED) is 0.754. The average Bonchev–Trinajstić information content (AvgIpc) is 2.44. The Morgan fingerprint density at radius 2 is 2.00 bits per heavy atom. The number of methoxy groups -OCH3 is 1. The summed E-state index contributed by atoms with van der Waals surface area (Å²) in [6, 6.07) is 0. The van der Waals surface area contributed by atoms with Gasteiger partial charge in [0.1, 0.15) is 0 Å². The van der Waals surface area contributed by atoms with E-state index in [2.05, 4.69) is 26.1 Å². The molecule has 4 heteroatoms. The minimum Gasteiger partial charge on any atom is -0.385 e. The minimum absolute atomic E-state index is 0.0589. The third kappa shape index (κ3) is 4.74. The topological polar surface area (TPSA) is 64.3 Å². The van der Waals surface area contributed by atoms with Crippen LogP contribution >= 0.6 is 0 Å². The fraction of sp³-hybridized carbons (Fsp3) is 0.938. The Kier molecular flexibility index (Phi) is 6.46. The van der Waals surface area contributed by atoms with Crippen molar-refractivity contribution in [3.63, 3.8) is 0 Å². The van der Waals surface area contributed by atoms with E-state index in [9.17, 15) is 4.79 Å². The molecule has 0 unspecified atom stereocenters. The SMILES string of the molecule is COCCC(C)(C)CNC(=O)C1(CN)CCC(C)CC1. The van der Waals surface area contributed by atoms with Crippen molar-refractivity contribution >= 4 is 5.91 Å². The normalized spacial score (nSPS) is 27.4. The van der Waals surface area contributed by atoms with E-state index in [4.69, 9.17) is 10.5 Å². The highest BCUT2D eigenvalue weighted by molar-refractivity contribution is 5.83. The molecule has 1 saturated carbocycles. The van der Waals surface area contributed by atoms with E-state index < -0.39 is 0 Å². The van der Waals surface area contributed by atoms with Crippen LogP contribution in [0.3, 0.4) is 0 Å². The second-order valence-electron chi connectivity index (χ2n) is 7.26. The van der Waals surface area contributed by atoms with Crippen molar-refractivity contribution in [2.24, 2.45) is 22.5 Å². The highest BCUT2D eigenvalue weighted by Gasteiger charge is 2.40. The summed E-state index contributed by atoms with van der Waals surface area (Å²) in [7, 11) is 1.71. The van der Waals surface area contributed by atoms with Gasteiger partial charge >= 0.3 is 0 Å². The van der Waals surface area contributed by atoms with Crippen molar-refractivity contribution in [2.75, 3.05) is 26.8 Å². The van der Waals surface area contributed by atoms with Crippen LogP contribution in [-0.2, 0) is 9.53 Å². The van der Waals surface area contributed by atoms with Crippen LogP contribution < -0.4 is 11.1 Å². The molecule has 3 N–H and O–H groups in total. The first-order chi connectivity index (χ1) is 9.35. The van der Waals surface area contributed by atoms with Gasteiger partial charge in [0.15, 0.2) is 0 Å². The van der Waals surface area contributed by atoms with Crippen LogP contribution in [0.15, 0.2) is 0 Å². The van der Waals surface area contributed by atoms with E-state index in [0.29, 0.717) is 13.1 Å². The van der Waals surface area contributed by atoms with E-state index in [-0.39, 0.29) is 16.7 Å². The third-order valence-electron chi connectivity index (χ3n) is 4.81. The zero-order valence-electron chi connectivity index (χ0n) is 13.6. The Bertz CT molecular complexity index is 308. The molecule has 4 nitrogen and oxygen atoms in total. The molecule has 0 bridgehead atoms. The summed E-state index contributed by atoms with van der Waals surface area (Å²) in [4.78, 5) is 12.6. The second-order valence-corrected chi connectivity index (χ2v) is 7.26. The van der Waals surface area contributed by atoms with Crippen molar-refractivity contribution in [3.05, 3.63) is 0 Å². The number of nitrogens with one attached hydrogen (secondary N) is 1. The van der Waals surface area contributed by atoms with Crippen molar-refractivity contribution in [1.82, 2.24) is 5.32 Å². The van der Waals surface area contributed by atoms with Crippen molar-refractivity contribution in [2.45, 2.75) is 52.9 Å². The number of rotatable bonds is 7. The van der Waals surface area contributed by atoms with E-state index >= 15 is 0 Å². The summed E-state index contributed by atoms with van der Waals surface area (Å²) in [6.07, 6.45) is 5.01. The van der Waals surface area contributed by atoms with Gasteiger partial charge < -0.3 is 15.8 Å². The van der Waals surface area contributed by atoms with Gasteiger partial charge in [-0.2, -0.15) is 0 Å². The van der Waals surface area contributed by atoms with Gasteiger partial charge in [-0.05, 0) is 43.4 Å². The van der Waals surface area contributed by atoms with Gasteiger partial charge in [0.2, 0.25) is 5.91 Å². The molecule has 0 aliphatic heterocycles.